The minimum Gasteiger partial charge on any atom is -0.462 e. The predicted octanol–water partition coefficient (Wildman–Crippen LogP) is 2.87. The van der Waals surface area contributed by atoms with E-state index in [2.05, 4.69) is 10.3 Å². The average molecular weight is 256 g/mol. The van der Waals surface area contributed by atoms with Gasteiger partial charge in [0.2, 0.25) is 0 Å². The summed E-state index contributed by atoms with van der Waals surface area (Å²) in [4.78, 5) is 15.8. The van der Waals surface area contributed by atoms with Crippen molar-refractivity contribution in [1.29, 1.82) is 0 Å². The summed E-state index contributed by atoms with van der Waals surface area (Å²) in [5.74, 6) is -0.333. The van der Waals surface area contributed by atoms with Gasteiger partial charge in [-0.3, -0.25) is 4.98 Å². The van der Waals surface area contributed by atoms with Crippen LogP contribution in [0.25, 0.3) is 0 Å². The fraction of sp³-hybridized carbons (Fsp3) is 0.200. The summed E-state index contributed by atoms with van der Waals surface area (Å²) in [6.07, 6.45) is 3.22. The van der Waals surface area contributed by atoms with E-state index in [1.807, 2.05) is 30.3 Å². The molecule has 0 spiro atoms. The zero-order valence-corrected chi connectivity index (χ0v) is 10.8. The Morgan fingerprint density at radius 2 is 2.05 bits per heavy atom. The highest BCUT2D eigenvalue weighted by atomic mass is 16.5. The van der Waals surface area contributed by atoms with Gasteiger partial charge >= 0.3 is 5.97 Å². The first-order valence-corrected chi connectivity index (χ1v) is 6.20. The van der Waals surface area contributed by atoms with Crippen molar-refractivity contribution in [1.82, 2.24) is 4.98 Å². The van der Waals surface area contributed by atoms with Crippen molar-refractivity contribution in [3.8, 4) is 0 Å². The van der Waals surface area contributed by atoms with Crippen LogP contribution in [0.4, 0.5) is 5.69 Å². The summed E-state index contributed by atoms with van der Waals surface area (Å²) >= 11 is 0. The third-order valence-corrected chi connectivity index (χ3v) is 2.64. The van der Waals surface area contributed by atoms with Crippen LogP contribution < -0.4 is 5.32 Å². The molecule has 0 unspecified atom stereocenters. The molecule has 1 aromatic heterocycles. The molecule has 98 valence electrons. The maximum atomic E-state index is 11.8. The van der Waals surface area contributed by atoms with E-state index in [1.165, 1.54) is 0 Å². The molecule has 1 N–H and O–H groups in total. The summed E-state index contributed by atoms with van der Waals surface area (Å²) in [5, 5.41) is 3.21. The van der Waals surface area contributed by atoms with Crippen LogP contribution in [0.2, 0.25) is 0 Å². The van der Waals surface area contributed by atoms with Crippen LogP contribution in [0.3, 0.4) is 0 Å². The van der Waals surface area contributed by atoms with Gasteiger partial charge in [-0.2, -0.15) is 0 Å². The number of anilines is 1. The summed E-state index contributed by atoms with van der Waals surface area (Å²) < 4.78 is 5.01. The normalized spacial score (nSPS) is 9.95. The van der Waals surface area contributed by atoms with E-state index in [-0.39, 0.29) is 5.97 Å². The highest BCUT2D eigenvalue weighted by Crippen LogP contribution is 2.15. The number of rotatable bonds is 5. The fourth-order valence-corrected chi connectivity index (χ4v) is 1.72. The minimum atomic E-state index is -0.333. The van der Waals surface area contributed by atoms with Gasteiger partial charge in [0.05, 0.1) is 24.1 Å². The maximum Gasteiger partial charge on any atom is 0.340 e. The number of nitrogens with one attached hydrogen (secondary N) is 1. The molecule has 4 nitrogen and oxygen atoms in total. The molecule has 0 atom stereocenters. The molecule has 0 bridgehead atoms. The molecule has 0 radical (unpaired) electrons. The largest absolute Gasteiger partial charge is 0.462 e. The highest BCUT2D eigenvalue weighted by molar-refractivity contribution is 5.95. The Bertz CT molecular complexity index is 541. The number of carbonyl (C=O) groups is 1. The van der Waals surface area contributed by atoms with Gasteiger partial charge < -0.3 is 10.1 Å². The first kappa shape index (κ1) is 13.1. The van der Waals surface area contributed by atoms with E-state index < -0.39 is 0 Å². The number of aromatic nitrogens is 1. The first-order chi connectivity index (χ1) is 9.31. The lowest BCUT2D eigenvalue weighted by Gasteiger charge is -2.10. The molecule has 19 heavy (non-hydrogen) atoms. The zero-order chi connectivity index (χ0) is 13.5. The van der Waals surface area contributed by atoms with E-state index in [1.54, 1.807) is 25.4 Å². The Kier molecular flexibility index (Phi) is 4.50. The molecule has 2 aromatic rings. The lowest BCUT2D eigenvalue weighted by Crippen LogP contribution is -2.10. The SMILES string of the molecule is CCOC(=O)c1ccncc1NCc1ccccc1. The van der Waals surface area contributed by atoms with E-state index in [0.717, 1.165) is 5.56 Å². The molecule has 0 saturated heterocycles. The van der Waals surface area contributed by atoms with Gasteiger partial charge in [0.15, 0.2) is 0 Å². The van der Waals surface area contributed by atoms with Crippen LogP contribution in [0.5, 0.6) is 0 Å². The van der Waals surface area contributed by atoms with Crippen LogP contribution in [0.1, 0.15) is 22.8 Å². The van der Waals surface area contributed by atoms with Crippen LogP contribution in [-0.4, -0.2) is 17.6 Å². The predicted molar refractivity (Wildman–Crippen MR) is 74.0 cm³/mol. The van der Waals surface area contributed by atoms with Gasteiger partial charge in [-0.25, -0.2) is 4.79 Å². The van der Waals surface area contributed by atoms with Gasteiger partial charge in [-0.1, -0.05) is 30.3 Å². The number of benzene rings is 1. The van der Waals surface area contributed by atoms with Crippen molar-refractivity contribution < 1.29 is 9.53 Å². The Morgan fingerprint density at radius 3 is 2.79 bits per heavy atom. The molecule has 0 saturated carbocycles. The second-order valence-corrected chi connectivity index (χ2v) is 3.98. The van der Waals surface area contributed by atoms with Crippen molar-refractivity contribution in [2.45, 2.75) is 13.5 Å². The van der Waals surface area contributed by atoms with Crippen molar-refractivity contribution in [2.24, 2.45) is 0 Å². The van der Waals surface area contributed by atoms with Crippen LogP contribution in [0, 0.1) is 0 Å². The van der Waals surface area contributed by atoms with Crippen LogP contribution >= 0.6 is 0 Å². The lowest BCUT2D eigenvalue weighted by atomic mass is 10.2. The van der Waals surface area contributed by atoms with Gasteiger partial charge in [0.1, 0.15) is 0 Å². The lowest BCUT2D eigenvalue weighted by molar-refractivity contribution is 0.0527. The molecular weight excluding hydrogens is 240 g/mol. The molecule has 0 aliphatic rings. The summed E-state index contributed by atoms with van der Waals surface area (Å²) in [5.41, 5.74) is 2.33. The summed E-state index contributed by atoms with van der Waals surface area (Å²) in [7, 11) is 0. The Morgan fingerprint density at radius 1 is 1.26 bits per heavy atom. The molecule has 2 rings (SSSR count). The molecular formula is C15H16N2O2. The number of carbonyl (C=O) groups excluding carboxylic acids is 1. The number of nitrogens with zero attached hydrogens (tertiary/aromatic N) is 1. The first-order valence-electron chi connectivity index (χ1n) is 6.20. The molecule has 4 heteroatoms. The summed E-state index contributed by atoms with van der Waals surface area (Å²) in [6.45, 7) is 2.79. The van der Waals surface area contributed by atoms with Crippen molar-refractivity contribution in [2.75, 3.05) is 11.9 Å². The third kappa shape index (κ3) is 3.55. The van der Waals surface area contributed by atoms with Crippen molar-refractivity contribution in [3.05, 3.63) is 59.9 Å². The quantitative estimate of drug-likeness (QED) is 0.836. The number of esters is 1. The number of ether oxygens (including phenoxy) is 1. The van der Waals surface area contributed by atoms with Crippen molar-refractivity contribution in [3.63, 3.8) is 0 Å². The van der Waals surface area contributed by atoms with E-state index in [4.69, 9.17) is 4.74 Å². The highest BCUT2D eigenvalue weighted by Gasteiger charge is 2.11. The molecule has 1 aromatic carbocycles. The van der Waals surface area contributed by atoms with Gasteiger partial charge in [-0.05, 0) is 18.6 Å². The molecule has 0 amide bonds. The second-order valence-electron chi connectivity index (χ2n) is 3.98. The zero-order valence-electron chi connectivity index (χ0n) is 10.8. The van der Waals surface area contributed by atoms with Crippen LogP contribution in [0.15, 0.2) is 48.8 Å². The number of hydrogen-bond donors (Lipinski definition) is 1. The van der Waals surface area contributed by atoms with Crippen molar-refractivity contribution >= 4 is 11.7 Å². The molecule has 0 aliphatic heterocycles. The minimum absolute atomic E-state index is 0.333. The average Bonchev–Trinajstić information content (AvgIpc) is 2.47. The van der Waals surface area contributed by atoms with E-state index >= 15 is 0 Å². The molecule has 1 heterocycles. The number of pyridine rings is 1. The maximum absolute atomic E-state index is 11.8. The molecule has 0 aliphatic carbocycles. The number of hydrogen-bond acceptors (Lipinski definition) is 4. The topological polar surface area (TPSA) is 51.2 Å². The van der Waals surface area contributed by atoms with Gasteiger partial charge in [0.25, 0.3) is 0 Å². The second kappa shape index (κ2) is 6.54. The fourth-order valence-electron chi connectivity index (χ4n) is 1.72. The Hall–Kier alpha value is -2.36. The standard InChI is InChI=1S/C15H16N2O2/c1-2-19-15(18)13-8-9-16-11-14(13)17-10-12-6-4-3-5-7-12/h3-9,11,17H,2,10H2,1H3. The van der Waals surface area contributed by atoms with Gasteiger partial charge in [-0.15, -0.1) is 0 Å². The van der Waals surface area contributed by atoms with Gasteiger partial charge in [0, 0.05) is 12.7 Å². The van der Waals surface area contributed by atoms with E-state index in [0.29, 0.717) is 24.4 Å². The molecule has 0 fully saturated rings. The Labute approximate surface area is 112 Å². The van der Waals surface area contributed by atoms with Crippen LogP contribution in [-0.2, 0) is 11.3 Å². The third-order valence-electron chi connectivity index (χ3n) is 2.64. The van der Waals surface area contributed by atoms with E-state index in [9.17, 15) is 4.79 Å². The summed E-state index contributed by atoms with van der Waals surface area (Å²) in [6, 6.07) is 11.6. The smallest absolute Gasteiger partial charge is 0.340 e. The monoisotopic (exact) mass is 256 g/mol. The Balaban J connectivity index is 2.10.